The van der Waals surface area contributed by atoms with Crippen LogP contribution in [0.4, 0.5) is 14.9 Å². The van der Waals surface area contributed by atoms with Crippen molar-refractivity contribution in [2.24, 2.45) is 0 Å². The zero-order valence-corrected chi connectivity index (χ0v) is 15.7. The van der Waals surface area contributed by atoms with E-state index in [1.807, 2.05) is 13.0 Å². The molecule has 0 spiro atoms. The summed E-state index contributed by atoms with van der Waals surface area (Å²) in [4.78, 5) is 14.1. The van der Waals surface area contributed by atoms with E-state index < -0.39 is 0 Å². The van der Waals surface area contributed by atoms with E-state index in [0.717, 1.165) is 37.2 Å². The van der Waals surface area contributed by atoms with Crippen molar-refractivity contribution in [3.05, 3.63) is 41.5 Å². The lowest BCUT2D eigenvalue weighted by Gasteiger charge is -2.32. The Morgan fingerprint density at radius 1 is 1.48 bits per heavy atom. The normalized spacial score (nSPS) is 17.5. The Morgan fingerprint density at radius 3 is 3.07 bits per heavy atom. The van der Waals surface area contributed by atoms with Gasteiger partial charge in [-0.2, -0.15) is 5.10 Å². The molecule has 0 saturated carbocycles. The van der Waals surface area contributed by atoms with Crippen LogP contribution in [0.15, 0.2) is 24.4 Å². The molecule has 27 heavy (non-hydrogen) atoms. The average Bonchev–Trinajstić information content (AvgIpc) is 3.10. The number of carbonyl (C=O) groups excluding carboxylic acids is 1. The molecule has 2 aromatic rings. The predicted molar refractivity (Wildman–Crippen MR) is 101 cm³/mol. The number of urea groups is 1. The first-order chi connectivity index (χ1) is 13.1. The van der Waals surface area contributed by atoms with Crippen molar-refractivity contribution in [3.63, 3.8) is 0 Å². The molecule has 1 aromatic carbocycles. The molecule has 1 saturated heterocycles. The van der Waals surface area contributed by atoms with Gasteiger partial charge in [-0.3, -0.25) is 10.00 Å². The summed E-state index contributed by atoms with van der Waals surface area (Å²) < 4.78 is 18.9. The highest BCUT2D eigenvalue weighted by atomic mass is 19.1. The quantitative estimate of drug-likeness (QED) is 0.725. The Hall–Kier alpha value is -2.61. The summed E-state index contributed by atoms with van der Waals surface area (Å²) in [5.41, 5.74) is 2.56. The molecule has 3 rings (SSSR count). The second-order valence-electron chi connectivity index (χ2n) is 6.72. The number of hydrogen-bond acceptors (Lipinski definition) is 4. The summed E-state index contributed by atoms with van der Waals surface area (Å²) in [6, 6.07) is 4.85. The van der Waals surface area contributed by atoms with E-state index in [9.17, 15) is 9.18 Å². The Balaban J connectivity index is 1.65. The van der Waals surface area contributed by atoms with Crippen LogP contribution in [0, 0.1) is 5.82 Å². The van der Waals surface area contributed by atoms with Gasteiger partial charge in [-0.05, 0) is 44.0 Å². The van der Waals surface area contributed by atoms with Crippen molar-refractivity contribution in [2.75, 3.05) is 32.1 Å². The summed E-state index contributed by atoms with van der Waals surface area (Å²) in [5, 5.41) is 12.7. The maximum absolute atomic E-state index is 13.9. The average molecular weight is 375 g/mol. The molecule has 2 amide bonds. The maximum Gasteiger partial charge on any atom is 0.319 e. The number of amides is 2. The first-order valence-corrected chi connectivity index (χ1v) is 9.23. The van der Waals surface area contributed by atoms with Gasteiger partial charge in [-0.25, -0.2) is 9.18 Å². The van der Waals surface area contributed by atoms with Crippen LogP contribution in [0.2, 0.25) is 0 Å². The molecule has 3 N–H and O–H groups in total. The number of hydrogen-bond donors (Lipinski definition) is 3. The van der Waals surface area contributed by atoms with Crippen LogP contribution in [0.3, 0.4) is 0 Å². The van der Waals surface area contributed by atoms with E-state index in [1.165, 1.54) is 13.2 Å². The SMILES string of the molecule is CCNC(=O)Nc1cn[nH]c1[C@@H]1CCCN(Cc2ccc(OC)c(F)c2)C1. The molecule has 1 aliphatic rings. The summed E-state index contributed by atoms with van der Waals surface area (Å²) >= 11 is 0. The predicted octanol–water partition coefficient (Wildman–Crippen LogP) is 3.08. The number of aromatic nitrogens is 2. The van der Waals surface area contributed by atoms with Crippen LogP contribution in [-0.4, -0.2) is 47.9 Å². The molecule has 1 fully saturated rings. The first-order valence-electron chi connectivity index (χ1n) is 9.23. The van der Waals surface area contributed by atoms with E-state index in [0.29, 0.717) is 18.8 Å². The van der Waals surface area contributed by atoms with Gasteiger partial charge in [0.25, 0.3) is 0 Å². The Kier molecular flexibility index (Phi) is 6.28. The Labute approximate surface area is 158 Å². The van der Waals surface area contributed by atoms with Gasteiger partial charge < -0.3 is 15.4 Å². The lowest BCUT2D eigenvalue weighted by Crippen LogP contribution is -2.34. The summed E-state index contributed by atoms with van der Waals surface area (Å²) in [5.74, 6) is 0.153. The van der Waals surface area contributed by atoms with Crippen LogP contribution >= 0.6 is 0 Å². The number of H-pyrrole nitrogens is 1. The number of benzene rings is 1. The van der Waals surface area contributed by atoms with E-state index >= 15 is 0 Å². The maximum atomic E-state index is 13.9. The molecule has 7 nitrogen and oxygen atoms in total. The van der Waals surface area contributed by atoms with Crippen LogP contribution in [0.1, 0.15) is 36.9 Å². The van der Waals surface area contributed by atoms with Crippen molar-refractivity contribution in [2.45, 2.75) is 32.2 Å². The first kappa shape index (κ1) is 19.2. The van der Waals surface area contributed by atoms with Crippen molar-refractivity contribution < 1.29 is 13.9 Å². The van der Waals surface area contributed by atoms with Crippen molar-refractivity contribution in [1.29, 1.82) is 0 Å². The molecule has 0 aliphatic carbocycles. The number of halogens is 1. The van der Waals surface area contributed by atoms with Gasteiger partial charge in [-0.1, -0.05) is 6.07 Å². The summed E-state index contributed by atoms with van der Waals surface area (Å²) in [7, 11) is 1.46. The van der Waals surface area contributed by atoms with Crippen LogP contribution in [0.5, 0.6) is 5.75 Å². The number of piperidine rings is 1. The third-order valence-corrected chi connectivity index (χ3v) is 4.79. The van der Waals surface area contributed by atoms with Gasteiger partial charge in [0.05, 0.1) is 24.7 Å². The fraction of sp³-hybridized carbons (Fsp3) is 0.474. The third-order valence-electron chi connectivity index (χ3n) is 4.79. The van der Waals surface area contributed by atoms with E-state index in [1.54, 1.807) is 12.3 Å². The molecule has 8 heteroatoms. The minimum atomic E-state index is -0.342. The highest BCUT2D eigenvalue weighted by Gasteiger charge is 2.25. The number of rotatable bonds is 6. The minimum Gasteiger partial charge on any atom is -0.494 e. The van der Waals surface area contributed by atoms with Crippen LogP contribution in [-0.2, 0) is 6.54 Å². The van der Waals surface area contributed by atoms with Gasteiger partial charge in [0.1, 0.15) is 0 Å². The summed E-state index contributed by atoms with van der Waals surface area (Å²) in [6.45, 7) is 4.88. The number of likely N-dealkylation sites (tertiary alicyclic amines) is 1. The fourth-order valence-corrected chi connectivity index (χ4v) is 3.54. The highest BCUT2D eigenvalue weighted by molar-refractivity contribution is 5.89. The molecule has 146 valence electrons. The minimum absolute atomic E-state index is 0.235. The standard InChI is InChI=1S/C19H26FN5O2/c1-3-21-19(26)23-16-10-22-24-18(16)14-5-4-8-25(12-14)11-13-6-7-17(27-2)15(20)9-13/h6-7,9-10,14H,3-5,8,11-12H2,1-2H3,(H,22,24)(H2,21,23,26)/t14-/m1/s1. The lowest BCUT2D eigenvalue weighted by atomic mass is 9.93. The number of nitrogens with one attached hydrogen (secondary N) is 3. The fourth-order valence-electron chi connectivity index (χ4n) is 3.54. The second-order valence-corrected chi connectivity index (χ2v) is 6.72. The molecule has 0 bridgehead atoms. The van der Waals surface area contributed by atoms with Crippen molar-refractivity contribution in [3.8, 4) is 5.75 Å². The highest BCUT2D eigenvalue weighted by Crippen LogP contribution is 2.31. The number of ether oxygens (including phenoxy) is 1. The number of carbonyl (C=O) groups is 1. The molecular weight excluding hydrogens is 349 g/mol. The number of nitrogens with zero attached hydrogens (tertiary/aromatic N) is 2. The van der Waals surface area contributed by atoms with Gasteiger partial charge in [-0.15, -0.1) is 0 Å². The smallest absolute Gasteiger partial charge is 0.319 e. The van der Waals surface area contributed by atoms with E-state index in [2.05, 4.69) is 25.7 Å². The number of methoxy groups -OCH3 is 1. The zero-order chi connectivity index (χ0) is 19.2. The number of anilines is 1. The van der Waals surface area contributed by atoms with Crippen molar-refractivity contribution in [1.82, 2.24) is 20.4 Å². The molecule has 1 aromatic heterocycles. The van der Waals surface area contributed by atoms with Gasteiger partial charge >= 0.3 is 6.03 Å². The number of aromatic amines is 1. The lowest BCUT2D eigenvalue weighted by molar-refractivity contribution is 0.198. The molecule has 1 atom stereocenters. The van der Waals surface area contributed by atoms with Crippen molar-refractivity contribution >= 4 is 11.7 Å². The molecular formula is C19H26FN5O2. The van der Waals surface area contributed by atoms with Crippen LogP contribution < -0.4 is 15.4 Å². The zero-order valence-electron chi connectivity index (χ0n) is 15.7. The van der Waals surface area contributed by atoms with Crippen LogP contribution in [0.25, 0.3) is 0 Å². The molecule has 2 heterocycles. The Bertz CT molecular complexity index is 779. The van der Waals surface area contributed by atoms with Gasteiger partial charge in [0.15, 0.2) is 11.6 Å². The van der Waals surface area contributed by atoms with E-state index in [4.69, 9.17) is 4.74 Å². The third kappa shape index (κ3) is 4.77. The second kappa shape index (κ2) is 8.85. The largest absolute Gasteiger partial charge is 0.494 e. The molecule has 0 radical (unpaired) electrons. The monoisotopic (exact) mass is 375 g/mol. The topological polar surface area (TPSA) is 82.3 Å². The van der Waals surface area contributed by atoms with Gasteiger partial charge in [0, 0.05) is 25.6 Å². The van der Waals surface area contributed by atoms with E-state index in [-0.39, 0.29) is 23.5 Å². The molecule has 1 aliphatic heterocycles. The Morgan fingerprint density at radius 2 is 2.33 bits per heavy atom. The van der Waals surface area contributed by atoms with Gasteiger partial charge in [0.2, 0.25) is 0 Å². The summed E-state index contributed by atoms with van der Waals surface area (Å²) in [6.07, 6.45) is 3.69. The molecule has 0 unspecified atom stereocenters.